The molecule has 0 radical (unpaired) electrons. The highest BCUT2D eigenvalue weighted by Crippen LogP contribution is 2.15. The molecule has 2 aromatic rings. The summed E-state index contributed by atoms with van der Waals surface area (Å²) >= 11 is 0. The highest BCUT2D eigenvalue weighted by atomic mass is 17.2. The van der Waals surface area contributed by atoms with Crippen molar-refractivity contribution in [3.63, 3.8) is 0 Å². The van der Waals surface area contributed by atoms with E-state index in [1.807, 2.05) is 0 Å². The molecule has 174 valence electrons. The standard InChI is InChI=1S/C27H38N2O3/c1-4-6-7-8-11-19-30-26-17-15-24(16-18-26)13-9-10-14-27-28-20-25(21-29-27)22-31-32-23(3)12-5-2/h5,15-18,20-21H,2-4,6-14,19,22H2,1H3. The molecule has 5 heteroatoms. The van der Waals surface area contributed by atoms with Crippen LogP contribution in [0.25, 0.3) is 0 Å². The van der Waals surface area contributed by atoms with Crippen molar-refractivity contribution in [2.75, 3.05) is 6.61 Å². The SMILES string of the molecule is C=CCC(=C)OOCc1cnc(CCCCc2ccc(OCCCCCCC)cc2)nc1. The largest absolute Gasteiger partial charge is 0.494 e. The van der Waals surface area contributed by atoms with Gasteiger partial charge in [-0.1, -0.05) is 57.4 Å². The Morgan fingerprint density at radius 1 is 0.906 bits per heavy atom. The van der Waals surface area contributed by atoms with Crippen LogP contribution in [0.1, 0.15) is 75.2 Å². The first-order valence-electron chi connectivity index (χ1n) is 11.8. The molecule has 0 aliphatic heterocycles. The predicted molar refractivity (Wildman–Crippen MR) is 129 cm³/mol. The van der Waals surface area contributed by atoms with E-state index >= 15 is 0 Å². The molecule has 0 fully saturated rings. The van der Waals surface area contributed by atoms with Gasteiger partial charge in [0.15, 0.2) is 0 Å². The molecule has 1 heterocycles. The van der Waals surface area contributed by atoms with Gasteiger partial charge in [-0.15, -0.1) is 6.58 Å². The Hall–Kier alpha value is -2.66. The number of rotatable bonds is 18. The molecular formula is C27H38N2O3. The van der Waals surface area contributed by atoms with Crippen LogP contribution in [-0.2, 0) is 29.2 Å². The van der Waals surface area contributed by atoms with Crippen LogP contribution in [0.2, 0.25) is 0 Å². The Kier molecular flexibility index (Phi) is 12.8. The van der Waals surface area contributed by atoms with Gasteiger partial charge in [0, 0.05) is 30.8 Å². The number of hydrogen-bond donors (Lipinski definition) is 0. The van der Waals surface area contributed by atoms with Gasteiger partial charge in [0.1, 0.15) is 23.9 Å². The zero-order valence-electron chi connectivity index (χ0n) is 19.6. The number of benzene rings is 1. The summed E-state index contributed by atoms with van der Waals surface area (Å²) in [6.45, 7) is 10.7. The summed E-state index contributed by atoms with van der Waals surface area (Å²) in [4.78, 5) is 19.0. The lowest BCUT2D eigenvalue weighted by Crippen LogP contribution is -2.00. The van der Waals surface area contributed by atoms with E-state index in [0.29, 0.717) is 12.2 Å². The molecular weight excluding hydrogens is 400 g/mol. The molecule has 1 aromatic heterocycles. The highest BCUT2D eigenvalue weighted by Gasteiger charge is 2.02. The fourth-order valence-electron chi connectivity index (χ4n) is 3.22. The van der Waals surface area contributed by atoms with Crippen LogP contribution in [0.4, 0.5) is 0 Å². The zero-order valence-corrected chi connectivity index (χ0v) is 19.6. The van der Waals surface area contributed by atoms with Crippen molar-refractivity contribution in [1.82, 2.24) is 9.97 Å². The van der Waals surface area contributed by atoms with E-state index in [1.165, 1.54) is 31.2 Å². The molecule has 0 spiro atoms. The molecule has 0 aliphatic carbocycles. The van der Waals surface area contributed by atoms with Gasteiger partial charge >= 0.3 is 0 Å². The van der Waals surface area contributed by atoms with E-state index < -0.39 is 0 Å². The average Bonchev–Trinajstić information content (AvgIpc) is 2.81. The van der Waals surface area contributed by atoms with Gasteiger partial charge in [-0.25, -0.2) is 9.97 Å². The molecule has 0 unspecified atom stereocenters. The Bertz CT molecular complexity index is 772. The monoisotopic (exact) mass is 438 g/mol. The van der Waals surface area contributed by atoms with Crippen LogP contribution >= 0.6 is 0 Å². The van der Waals surface area contributed by atoms with Crippen molar-refractivity contribution in [3.05, 3.63) is 78.6 Å². The van der Waals surface area contributed by atoms with Crippen molar-refractivity contribution < 1.29 is 14.5 Å². The first kappa shape index (κ1) is 25.6. The fourth-order valence-corrected chi connectivity index (χ4v) is 3.22. The topological polar surface area (TPSA) is 53.5 Å². The van der Waals surface area contributed by atoms with Gasteiger partial charge in [-0.2, -0.15) is 4.89 Å². The third kappa shape index (κ3) is 11.1. The lowest BCUT2D eigenvalue weighted by Gasteiger charge is -2.08. The molecule has 2 rings (SSSR count). The summed E-state index contributed by atoms with van der Waals surface area (Å²) in [6, 6.07) is 8.51. The van der Waals surface area contributed by atoms with Crippen molar-refractivity contribution in [1.29, 1.82) is 0 Å². The van der Waals surface area contributed by atoms with Crippen LogP contribution in [0.15, 0.2) is 61.7 Å². The molecule has 0 aliphatic rings. The number of aryl methyl sites for hydroxylation is 2. The van der Waals surface area contributed by atoms with Crippen LogP contribution in [0, 0.1) is 0 Å². The normalized spacial score (nSPS) is 10.7. The van der Waals surface area contributed by atoms with Crippen LogP contribution < -0.4 is 4.74 Å². The second kappa shape index (κ2) is 16.0. The van der Waals surface area contributed by atoms with Crippen LogP contribution in [0.3, 0.4) is 0 Å². The summed E-state index contributed by atoms with van der Waals surface area (Å²) in [5, 5.41) is 0. The van der Waals surface area contributed by atoms with Crippen molar-refractivity contribution in [2.24, 2.45) is 0 Å². The van der Waals surface area contributed by atoms with Crippen LogP contribution in [-0.4, -0.2) is 16.6 Å². The zero-order chi connectivity index (χ0) is 22.9. The van der Waals surface area contributed by atoms with Gasteiger partial charge in [-0.3, -0.25) is 0 Å². The van der Waals surface area contributed by atoms with Gasteiger partial charge in [0.25, 0.3) is 0 Å². The summed E-state index contributed by atoms with van der Waals surface area (Å²) in [7, 11) is 0. The Morgan fingerprint density at radius 2 is 1.62 bits per heavy atom. The minimum atomic E-state index is 0.287. The lowest BCUT2D eigenvalue weighted by atomic mass is 10.1. The molecule has 0 N–H and O–H groups in total. The smallest absolute Gasteiger partial charge is 0.139 e. The van der Waals surface area contributed by atoms with E-state index in [2.05, 4.69) is 54.3 Å². The number of nitrogens with zero attached hydrogens (tertiary/aromatic N) is 2. The third-order valence-electron chi connectivity index (χ3n) is 5.09. The maximum atomic E-state index is 5.84. The van der Waals surface area contributed by atoms with E-state index in [-0.39, 0.29) is 6.61 Å². The van der Waals surface area contributed by atoms with E-state index in [9.17, 15) is 0 Å². The third-order valence-corrected chi connectivity index (χ3v) is 5.09. The summed E-state index contributed by atoms with van der Waals surface area (Å²) in [6.07, 6.45) is 16.2. The highest BCUT2D eigenvalue weighted by molar-refractivity contribution is 5.27. The summed E-state index contributed by atoms with van der Waals surface area (Å²) in [5.41, 5.74) is 2.20. The first-order valence-corrected chi connectivity index (χ1v) is 11.8. The molecule has 1 aromatic carbocycles. The lowest BCUT2D eigenvalue weighted by molar-refractivity contribution is -0.272. The maximum absolute atomic E-state index is 5.84. The number of unbranched alkanes of at least 4 members (excludes halogenated alkanes) is 5. The van der Waals surface area contributed by atoms with Crippen molar-refractivity contribution in [3.8, 4) is 5.75 Å². The number of hydrogen-bond acceptors (Lipinski definition) is 5. The Labute approximate surface area is 193 Å². The van der Waals surface area contributed by atoms with Crippen molar-refractivity contribution >= 4 is 0 Å². The second-order valence-corrected chi connectivity index (χ2v) is 8.00. The molecule has 32 heavy (non-hydrogen) atoms. The first-order chi connectivity index (χ1) is 15.7. The van der Waals surface area contributed by atoms with Gasteiger partial charge in [0.05, 0.1) is 6.61 Å². The fraction of sp³-hybridized carbons (Fsp3) is 0.481. The van der Waals surface area contributed by atoms with Gasteiger partial charge < -0.3 is 9.62 Å². The van der Waals surface area contributed by atoms with Crippen molar-refractivity contribution in [2.45, 2.75) is 77.7 Å². The summed E-state index contributed by atoms with van der Waals surface area (Å²) < 4.78 is 5.84. The van der Waals surface area contributed by atoms with E-state index in [0.717, 1.165) is 55.8 Å². The minimum Gasteiger partial charge on any atom is -0.494 e. The molecule has 0 saturated heterocycles. The Morgan fingerprint density at radius 3 is 2.34 bits per heavy atom. The quantitative estimate of drug-likeness (QED) is 0.0830. The molecule has 0 atom stereocenters. The van der Waals surface area contributed by atoms with E-state index in [4.69, 9.17) is 14.5 Å². The van der Waals surface area contributed by atoms with Gasteiger partial charge in [0.2, 0.25) is 0 Å². The molecule has 0 saturated carbocycles. The molecule has 0 bridgehead atoms. The number of allylic oxidation sites excluding steroid dienone is 1. The number of ether oxygens (including phenoxy) is 1. The average molecular weight is 439 g/mol. The molecule has 0 amide bonds. The van der Waals surface area contributed by atoms with Crippen LogP contribution in [0.5, 0.6) is 5.75 Å². The molecule has 5 nitrogen and oxygen atoms in total. The second-order valence-electron chi connectivity index (χ2n) is 8.00. The van der Waals surface area contributed by atoms with Gasteiger partial charge in [-0.05, 0) is 43.4 Å². The minimum absolute atomic E-state index is 0.287. The maximum Gasteiger partial charge on any atom is 0.139 e. The Balaban J connectivity index is 1.57. The predicted octanol–water partition coefficient (Wildman–Crippen LogP) is 6.93. The summed E-state index contributed by atoms with van der Waals surface area (Å²) in [5.74, 6) is 2.35. The van der Waals surface area contributed by atoms with E-state index in [1.54, 1.807) is 18.5 Å². The number of aromatic nitrogens is 2.